The molecular formula is C16H12ClF2NS. The maximum absolute atomic E-state index is 13.5. The Hall–Kier alpha value is -1.49. The van der Waals surface area contributed by atoms with Gasteiger partial charge in [0.1, 0.15) is 11.6 Å². The van der Waals surface area contributed by atoms with Crippen LogP contribution in [-0.4, -0.2) is 7.05 Å². The summed E-state index contributed by atoms with van der Waals surface area (Å²) in [6.45, 7) is 0. The number of rotatable bonds is 3. The van der Waals surface area contributed by atoms with Crippen LogP contribution in [0.3, 0.4) is 0 Å². The minimum absolute atomic E-state index is 0.228. The minimum Gasteiger partial charge on any atom is -0.309 e. The number of fused-ring (bicyclic) bond motifs is 1. The normalized spacial score (nSPS) is 12.8. The van der Waals surface area contributed by atoms with E-state index in [2.05, 4.69) is 5.32 Å². The molecule has 0 radical (unpaired) electrons. The molecular weight excluding hydrogens is 312 g/mol. The second kappa shape index (κ2) is 5.72. The highest BCUT2D eigenvalue weighted by Crippen LogP contribution is 2.36. The van der Waals surface area contributed by atoms with E-state index in [1.165, 1.54) is 35.6 Å². The lowest BCUT2D eigenvalue weighted by Crippen LogP contribution is -2.17. The Kier molecular flexibility index (Phi) is 3.93. The van der Waals surface area contributed by atoms with Crippen LogP contribution in [0, 0.1) is 11.6 Å². The number of thiophene rings is 1. The molecule has 0 bridgehead atoms. The van der Waals surface area contributed by atoms with E-state index in [4.69, 9.17) is 11.6 Å². The van der Waals surface area contributed by atoms with Gasteiger partial charge in [0.25, 0.3) is 0 Å². The topological polar surface area (TPSA) is 12.0 Å². The van der Waals surface area contributed by atoms with Crippen molar-refractivity contribution in [1.29, 1.82) is 0 Å². The lowest BCUT2D eigenvalue weighted by atomic mass is 10.0. The van der Waals surface area contributed by atoms with Crippen molar-refractivity contribution in [2.75, 3.05) is 7.05 Å². The Morgan fingerprint density at radius 1 is 1.05 bits per heavy atom. The molecule has 1 N–H and O–H groups in total. The molecule has 0 aliphatic heterocycles. The molecule has 1 aromatic heterocycles. The van der Waals surface area contributed by atoms with E-state index in [0.29, 0.717) is 10.6 Å². The largest absolute Gasteiger partial charge is 0.309 e. The van der Waals surface area contributed by atoms with E-state index < -0.39 is 0 Å². The van der Waals surface area contributed by atoms with Crippen LogP contribution in [0.2, 0.25) is 5.02 Å². The van der Waals surface area contributed by atoms with Crippen LogP contribution in [0.5, 0.6) is 0 Å². The molecule has 0 amide bonds. The average molecular weight is 324 g/mol. The Morgan fingerprint density at radius 3 is 2.52 bits per heavy atom. The Bertz CT molecular complexity index is 800. The number of hydrogen-bond donors (Lipinski definition) is 1. The molecule has 3 aromatic rings. The van der Waals surface area contributed by atoms with Gasteiger partial charge < -0.3 is 5.32 Å². The molecule has 1 atom stereocenters. The van der Waals surface area contributed by atoms with Crippen molar-refractivity contribution in [3.8, 4) is 0 Å². The van der Waals surface area contributed by atoms with Crippen molar-refractivity contribution in [3.63, 3.8) is 0 Å². The smallest absolute Gasteiger partial charge is 0.124 e. The molecule has 0 aliphatic rings. The molecule has 21 heavy (non-hydrogen) atoms. The zero-order valence-electron chi connectivity index (χ0n) is 11.2. The summed E-state index contributed by atoms with van der Waals surface area (Å²) in [5.74, 6) is -0.595. The summed E-state index contributed by atoms with van der Waals surface area (Å²) in [4.78, 5) is 0.964. The first-order valence-electron chi connectivity index (χ1n) is 6.39. The van der Waals surface area contributed by atoms with E-state index in [9.17, 15) is 8.78 Å². The fraction of sp³-hybridized carbons (Fsp3) is 0.125. The molecule has 1 nitrogen and oxygen atoms in total. The van der Waals surface area contributed by atoms with Crippen molar-refractivity contribution >= 4 is 33.0 Å². The average Bonchev–Trinajstić information content (AvgIpc) is 2.86. The molecule has 108 valence electrons. The highest BCUT2D eigenvalue weighted by atomic mass is 35.5. The van der Waals surface area contributed by atoms with Gasteiger partial charge in [0, 0.05) is 14.6 Å². The molecule has 0 aliphatic carbocycles. The van der Waals surface area contributed by atoms with Crippen LogP contribution >= 0.6 is 22.9 Å². The third-order valence-corrected chi connectivity index (χ3v) is 4.85. The standard InChI is InChI=1S/C16H12ClF2NS/c1-20-16(12-7-10(18)4-5-13(12)17)15-6-9-2-3-11(19)8-14(9)21-15/h2-8,16,20H,1H3. The fourth-order valence-corrected chi connectivity index (χ4v) is 3.80. The second-order valence-electron chi connectivity index (χ2n) is 4.72. The van der Waals surface area contributed by atoms with E-state index in [0.717, 1.165) is 15.0 Å². The monoisotopic (exact) mass is 323 g/mol. The molecule has 0 saturated carbocycles. The summed E-state index contributed by atoms with van der Waals surface area (Å²) < 4.78 is 27.6. The molecule has 0 saturated heterocycles. The summed E-state index contributed by atoms with van der Waals surface area (Å²) in [6, 6.07) is 10.7. The van der Waals surface area contributed by atoms with E-state index in [1.54, 1.807) is 19.2 Å². The van der Waals surface area contributed by atoms with Gasteiger partial charge in [-0.05, 0) is 54.4 Å². The first kappa shape index (κ1) is 14.4. The van der Waals surface area contributed by atoms with Crippen LogP contribution in [-0.2, 0) is 0 Å². The SMILES string of the molecule is CNC(c1cc2ccc(F)cc2s1)c1cc(F)ccc1Cl. The van der Waals surface area contributed by atoms with Crippen molar-refractivity contribution in [2.45, 2.75) is 6.04 Å². The molecule has 0 spiro atoms. The Morgan fingerprint density at radius 2 is 1.76 bits per heavy atom. The van der Waals surface area contributed by atoms with Crippen molar-refractivity contribution in [3.05, 3.63) is 69.6 Å². The summed E-state index contributed by atoms with van der Waals surface area (Å²) in [6.07, 6.45) is 0. The van der Waals surface area contributed by atoms with Gasteiger partial charge in [-0.15, -0.1) is 11.3 Å². The number of hydrogen-bond acceptors (Lipinski definition) is 2. The summed E-state index contributed by atoms with van der Waals surface area (Å²) in [7, 11) is 1.79. The molecule has 1 unspecified atom stereocenters. The van der Waals surface area contributed by atoms with Crippen LogP contribution in [0.15, 0.2) is 42.5 Å². The first-order valence-corrected chi connectivity index (χ1v) is 7.59. The summed E-state index contributed by atoms with van der Waals surface area (Å²) >= 11 is 7.65. The third kappa shape index (κ3) is 2.79. The number of benzene rings is 2. The van der Waals surface area contributed by atoms with Gasteiger partial charge in [0.15, 0.2) is 0 Å². The fourth-order valence-electron chi connectivity index (χ4n) is 2.35. The molecule has 2 aromatic carbocycles. The van der Waals surface area contributed by atoms with Crippen molar-refractivity contribution in [1.82, 2.24) is 5.32 Å². The summed E-state index contributed by atoms with van der Waals surface area (Å²) in [5, 5.41) is 4.61. The minimum atomic E-state index is -0.332. The van der Waals surface area contributed by atoms with Crippen LogP contribution in [0.4, 0.5) is 8.78 Å². The Labute approximate surface area is 130 Å². The van der Waals surface area contributed by atoms with E-state index >= 15 is 0 Å². The predicted molar refractivity (Wildman–Crippen MR) is 84.1 cm³/mol. The lowest BCUT2D eigenvalue weighted by molar-refractivity contribution is 0.618. The van der Waals surface area contributed by atoms with Crippen LogP contribution in [0.1, 0.15) is 16.5 Å². The number of nitrogens with one attached hydrogen (secondary N) is 1. The van der Waals surface area contributed by atoms with E-state index in [1.807, 2.05) is 6.07 Å². The summed E-state index contributed by atoms with van der Waals surface area (Å²) in [5.41, 5.74) is 0.672. The quantitative estimate of drug-likeness (QED) is 0.703. The highest BCUT2D eigenvalue weighted by molar-refractivity contribution is 7.19. The van der Waals surface area contributed by atoms with Gasteiger partial charge in [0.05, 0.1) is 6.04 Å². The van der Waals surface area contributed by atoms with Gasteiger partial charge >= 0.3 is 0 Å². The number of halogens is 3. The zero-order chi connectivity index (χ0) is 15.0. The lowest BCUT2D eigenvalue weighted by Gasteiger charge is -2.16. The van der Waals surface area contributed by atoms with Gasteiger partial charge in [-0.1, -0.05) is 17.7 Å². The van der Waals surface area contributed by atoms with Gasteiger partial charge in [-0.25, -0.2) is 8.78 Å². The highest BCUT2D eigenvalue weighted by Gasteiger charge is 2.18. The molecule has 3 rings (SSSR count). The second-order valence-corrected chi connectivity index (χ2v) is 6.24. The zero-order valence-corrected chi connectivity index (χ0v) is 12.7. The van der Waals surface area contributed by atoms with E-state index in [-0.39, 0.29) is 17.7 Å². The Balaban J connectivity index is 2.11. The molecule has 0 fully saturated rings. The van der Waals surface area contributed by atoms with Crippen LogP contribution < -0.4 is 5.32 Å². The maximum atomic E-state index is 13.5. The van der Waals surface area contributed by atoms with Gasteiger partial charge in [-0.2, -0.15) is 0 Å². The first-order chi connectivity index (χ1) is 10.1. The molecule has 5 heteroatoms. The third-order valence-electron chi connectivity index (χ3n) is 3.34. The molecule has 1 heterocycles. The van der Waals surface area contributed by atoms with Crippen molar-refractivity contribution in [2.24, 2.45) is 0 Å². The van der Waals surface area contributed by atoms with Gasteiger partial charge in [-0.3, -0.25) is 0 Å². The van der Waals surface area contributed by atoms with Crippen LogP contribution in [0.25, 0.3) is 10.1 Å². The van der Waals surface area contributed by atoms with Crippen molar-refractivity contribution < 1.29 is 8.78 Å². The van der Waals surface area contributed by atoms with Gasteiger partial charge in [0.2, 0.25) is 0 Å². The maximum Gasteiger partial charge on any atom is 0.124 e. The predicted octanol–water partition coefficient (Wildman–Crippen LogP) is 5.14.